The third-order valence-corrected chi connectivity index (χ3v) is 2.41. The molecule has 10 heavy (non-hydrogen) atoms. The normalized spacial score (nSPS) is 13.0. The van der Waals surface area contributed by atoms with Crippen LogP contribution >= 0.6 is 11.8 Å². The molecule has 0 N–H and O–H groups in total. The molecule has 0 aliphatic carbocycles. The van der Waals surface area contributed by atoms with Crippen molar-refractivity contribution in [2.24, 2.45) is 0 Å². The van der Waals surface area contributed by atoms with Gasteiger partial charge in [0.25, 0.3) is 0 Å². The first-order chi connectivity index (χ1) is 4.85. The molecule has 0 aliphatic rings. The van der Waals surface area contributed by atoms with E-state index in [1.54, 1.807) is 7.11 Å². The van der Waals surface area contributed by atoms with Gasteiger partial charge in [0, 0.05) is 18.6 Å². The van der Waals surface area contributed by atoms with Crippen molar-refractivity contribution in [1.82, 2.24) is 0 Å². The molecular formula is C8H16OS. The van der Waals surface area contributed by atoms with E-state index in [2.05, 4.69) is 13.5 Å². The number of hydrogen-bond acceptors (Lipinski definition) is 2. The van der Waals surface area contributed by atoms with Crippen LogP contribution < -0.4 is 0 Å². The van der Waals surface area contributed by atoms with Crippen LogP contribution in [0, 0.1) is 0 Å². The lowest BCUT2D eigenvalue weighted by atomic mass is 10.3. The fraction of sp³-hybridized carbons (Fsp3) is 0.750. The molecule has 0 rings (SSSR count). The van der Waals surface area contributed by atoms with Crippen LogP contribution in [0.2, 0.25) is 0 Å². The van der Waals surface area contributed by atoms with Crippen molar-refractivity contribution in [3.8, 4) is 0 Å². The minimum absolute atomic E-state index is 0.421. The van der Waals surface area contributed by atoms with E-state index in [4.69, 9.17) is 4.74 Å². The Kier molecular flexibility index (Phi) is 7.20. The summed E-state index contributed by atoms with van der Waals surface area (Å²) in [6.07, 6.45) is 3.44. The van der Waals surface area contributed by atoms with Crippen molar-refractivity contribution in [3.05, 3.63) is 12.7 Å². The van der Waals surface area contributed by atoms with E-state index >= 15 is 0 Å². The highest BCUT2D eigenvalue weighted by Gasteiger charge is 2.01. The predicted octanol–water partition coefficient (Wildman–Crippen LogP) is 2.33. The second-order valence-electron chi connectivity index (χ2n) is 2.09. The zero-order chi connectivity index (χ0) is 7.82. The summed E-state index contributed by atoms with van der Waals surface area (Å²) in [5, 5.41) is 0. The van der Waals surface area contributed by atoms with Gasteiger partial charge in [-0.1, -0.05) is 13.0 Å². The van der Waals surface area contributed by atoms with Crippen molar-refractivity contribution in [1.29, 1.82) is 0 Å². The van der Waals surface area contributed by atoms with Crippen LogP contribution in [-0.2, 0) is 4.74 Å². The summed E-state index contributed by atoms with van der Waals surface area (Å²) < 4.78 is 5.19. The van der Waals surface area contributed by atoms with Gasteiger partial charge >= 0.3 is 0 Å². The molecule has 0 saturated carbocycles. The van der Waals surface area contributed by atoms with Gasteiger partial charge in [0.05, 0.1) is 6.10 Å². The molecule has 0 aliphatic heterocycles. The fourth-order valence-corrected chi connectivity index (χ4v) is 1.57. The van der Waals surface area contributed by atoms with E-state index in [-0.39, 0.29) is 0 Å². The minimum atomic E-state index is 0.421. The average Bonchev–Trinajstić information content (AvgIpc) is 1.99. The van der Waals surface area contributed by atoms with Gasteiger partial charge in [-0.25, -0.2) is 0 Å². The van der Waals surface area contributed by atoms with E-state index in [9.17, 15) is 0 Å². The maximum atomic E-state index is 5.19. The van der Waals surface area contributed by atoms with Crippen LogP contribution in [0.3, 0.4) is 0 Å². The summed E-state index contributed by atoms with van der Waals surface area (Å²) in [4.78, 5) is 0. The van der Waals surface area contributed by atoms with Crippen LogP contribution in [0.15, 0.2) is 12.7 Å². The summed E-state index contributed by atoms with van der Waals surface area (Å²) in [5.74, 6) is 2.11. The van der Waals surface area contributed by atoms with Crippen molar-refractivity contribution >= 4 is 11.8 Å². The molecule has 1 atom stereocenters. The Labute approximate surface area is 67.8 Å². The van der Waals surface area contributed by atoms with Crippen LogP contribution in [0.1, 0.15) is 13.3 Å². The van der Waals surface area contributed by atoms with Crippen LogP contribution in [0.5, 0.6) is 0 Å². The van der Waals surface area contributed by atoms with E-state index in [1.807, 2.05) is 17.8 Å². The van der Waals surface area contributed by atoms with Crippen LogP contribution in [0.4, 0.5) is 0 Å². The molecule has 0 saturated heterocycles. The highest BCUT2D eigenvalue weighted by Crippen LogP contribution is 2.07. The summed E-state index contributed by atoms with van der Waals surface area (Å²) in [6.45, 7) is 5.79. The number of hydrogen-bond donors (Lipinski definition) is 0. The Morgan fingerprint density at radius 2 is 2.40 bits per heavy atom. The zero-order valence-corrected chi connectivity index (χ0v) is 7.62. The lowest BCUT2D eigenvalue weighted by Crippen LogP contribution is -2.11. The molecule has 0 spiro atoms. The quantitative estimate of drug-likeness (QED) is 0.435. The maximum Gasteiger partial charge on any atom is 0.0659 e. The van der Waals surface area contributed by atoms with Crippen molar-refractivity contribution in [2.45, 2.75) is 19.4 Å². The second kappa shape index (κ2) is 7.16. The lowest BCUT2D eigenvalue weighted by molar-refractivity contribution is 0.119. The number of thioether (sulfide) groups is 1. The maximum absolute atomic E-state index is 5.19. The minimum Gasteiger partial charge on any atom is -0.381 e. The number of methoxy groups -OCH3 is 1. The van der Waals surface area contributed by atoms with Gasteiger partial charge in [-0.15, -0.1) is 6.58 Å². The number of ether oxygens (including phenoxy) is 1. The summed E-state index contributed by atoms with van der Waals surface area (Å²) in [6, 6.07) is 0. The van der Waals surface area contributed by atoms with Crippen molar-refractivity contribution in [2.75, 3.05) is 18.6 Å². The topological polar surface area (TPSA) is 9.23 Å². The van der Waals surface area contributed by atoms with Crippen LogP contribution in [-0.4, -0.2) is 24.7 Å². The van der Waals surface area contributed by atoms with Gasteiger partial charge in [-0.2, -0.15) is 11.8 Å². The molecule has 0 radical (unpaired) electrons. The van der Waals surface area contributed by atoms with Gasteiger partial charge in [-0.3, -0.25) is 0 Å². The molecule has 0 aromatic rings. The molecule has 0 aromatic carbocycles. The first kappa shape index (κ1) is 10.0. The van der Waals surface area contributed by atoms with Crippen molar-refractivity contribution in [3.63, 3.8) is 0 Å². The molecule has 0 heterocycles. The molecule has 60 valence electrons. The third kappa shape index (κ3) is 4.89. The molecule has 0 unspecified atom stereocenters. The third-order valence-electron chi connectivity index (χ3n) is 1.33. The molecule has 2 heteroatoms. The highest BCUT2D eigenvalue weighted by atomic mass is 32.2. The molecule has 0 fully saturated rings. The van der Waals surface area contributed by atoms with E-state index in [0.717, 1.165) is 17.9 Å². The Bertz CT molecular complexity index is 79.3. The number of rotatable bonds is 6. The lowest BCUT2D eigenvalue weighted by Gasteiger charge is -2.10. The van der Waals surface area contributed by atoms with E-state index in [1.165, 1.54) is 0 Å². The van der Waals surface area contributed by atoms with Crippen LogP contribution in [0.25, 0.3) is 0 Å². The predicted molar refractivity (Wildman–Crippen MR) is 48.6 cm³/mol. The summed E-state index contributed by atoms with van der Waals surface area (Å²) in [7, 11) is 1.77. The van der Waals surface area contributed by atoms with Gasteiger partial charge in [-0.05, 0) is 6.42 Å². The first-order valence-electron chi connectivity index (χ1n) is 3.56. The van der Waals surface area contributed by atoms with Gasteiger partial charge in [0.1, 0.15) is 0 Å². The molecule has 1 nitrogen and oxygen atoms in total. The largest absolute Gasteiger partial charge is 0.381 e. The average molecular weight is 160 g/mol. The SMILES string of the molecule is C=CCSC[C@@H](CC)OC. The summed E-state index contributed by atoms with van der Waals surface area (Å²) >= 11 is 1.87. The molecular weight excluding hydrogens is 144 g/mol. The first-order valence-corrected chi connectivity index (χ1v) is 4.72. The summed E-state index contributed by atoms with van der Waals surface area (Å²) in [5.41, 5.74) is 0. The van der Waals surface area contributed by atoms with Crippen molar-refractivity contribution < 1.29 is 4.74 Å². The second-order valence-corrected chi connectivity index (χ2v) is 3.17. The van der Waals surface area contributed by atoms with E-state index in [0.29, 0.717) is 6.10 Å². The molecule has 0 bridgehead atoms. The molecule has 0 aromatic heterocycles. The monoisotopic (exact) mass is 160 g/mol. The highest BCUT2D eigenvalue weighted by molar-refractivity contribution is 7.99. The Morgan fingerprint density at radius 1 is 1.70 bits per heavy atom. The van der Waals surface area contributed by atoms with Gasteiger partial charge < -0.3 is 4.74 Å². The Morgan fingerprint density at radius 3 is 2.80 bits per heavy atom. The Balaban J connectivity index is 3.16. The van der Waals surface area contributed by atoms with Gasteiger partial charge in [0.15, 0.2) is 0 Å². The fourth-order valence-electron chi connectivity index (χ4n) is 0.635. The zero-order valence-electron chi connectivity index (χ0n) is 6.80. The smallest absolute Gasteiger partial charge is 0.0659 e. The van der Waals surface area contributed by atoms with Gasteiger partial charge in [0.2, 0.25) is 0 Å². The van der Waals surface area contributed by atoms with E-state index < -0.39 is 0 Å². The Hall–Kier alpha value is 0.0500. The molecule has 0 amide bonds. The standard InChI is InChI=1S/C8H16OS/c1-4-6-10-7-8(5-2)9-3/h4,8H,1,5-7H2,2-3H3/t8-/m1/s1.